The molecule has 19 heavy (non-hydrogen) atoms. The number of hydrogen-bond donors (Lipinski definition) is 3. The Morgan fingerprint density at radius 2 is 1.95 bits per heavy atom. The van der Waals surface area contributed by atoms with E-state index in [0.717, 1.165) is 24.7 Å². The summed E-state index contributed by atoms with van der Waals surface area (Å²) in [7, 11) is 0. The van der Waals surface area contributed by atoms with Crippen LogP contribution in [0.2, 0.25) is 0 Å². The second-order valence-corrected chi connectivity index (χ2v) is 6.44. The summed E-state index contributed by atoms with van der Waals surface area (Å²) in [4.78, 5) is 22.8. The molecule has 3 aliphatic rings. The van der Waals surface area contributed by atoms with Crippen LogP contribution in [-0.2, 0) is 4.79 Å². The molecule has 106 valence electrons. The molecule has 0 aromatic carbocycles. The fourth-order valence-electron chi connectivity index (χ4n) is 3.85. The highest BCUT2D eigenvalue weighted by molar-refractivity contribution is 5.83. The number of carbonyl (C=O) groups is 2. The van der Waals surface area contributed by atoms with Crippen molar-refractivity contribution in [1.82, 2.24) is 10.6 Å². The van der Waals surface area contributed by atoms with Crippen molar-refractivity contribution in [1.29, 1.82) is 0 Å². The van der Waals surface area contributed by atoms with Crippen LogP contribution in [0.15, 0.2) is 0 Å². The van der Waals surface area contributed by atoms with Crippen LogP contribution in [0.4, 0.5) is 4.79 Å². The summed E-state index contributed by atoms with van der Waals surface area (Å²) in [5.41, 5.74) is 0. The zero-order valence-corrected chi connectivity index (χ0v) is 11.1. The summed E-state index contributed by atoms with van der Waals surface area (Å²) < 4.78 is 0. The quantitative estimate of drug-likeness (QED) is 0.707. The van der Waals surface area contributed by atoms with Crippen molar-refractivity contribution in [3.8, 4) is 0 Å². The molecule has 3 fully saturated rings. The SMILES string of the molecule is O=C(NCC1CC2CCC1C2)NC(C(=O)O)C1CC1. The third-order valence-electron chi connectivity index (χ3n) is 5.06. The number of urea groups is 1. The number of aliphatic carboxylic acids is 1. The Morgan fingerprint density at radius 3 is 2.47 bits per heavy atom. The van der Waals surface area contributed by atoms with Crippen LogP contribution in [-0.4, -0.2) is 29.7 Å². The highest BCUT2D eigenvalue weighted by Gasteiger charge is 2.40. The van der Waals surface area contributed by atoms with Gasteiger partial charge in [-0.25, -0.2) is 9.59 Å². The molecule has 3 rings (SSSR count). The molecule has 4 unspecified atom stereocenters. The molecule has 0 aromatic heterocycles. The van der Waals surface area contributed by atoms with Crippen molar-refractivity contribution in [3.05, 3.63) is 0 Å². The van der Waals surface area contributed by atoms with Gasteiger partial charge in [-0.15, -0.1) is 0 Å². The summed E-state index contributed by atoms with van der Waals surface area (Å²) in [5.74, 6) is 1.47. The monoisotopic (exact) mass is 266 g/mol. The van der Waals surface area contributed by atoms with Gasteiger partial charge in [0.15, 0.2) is 0 Å². The third-order valence-corrected chi connectivity index (χ3v) is 5.06. The number of carboxylic acid groups (broad SMARTS) is 1. The Morgan fingerprint density at radius 1 is 1.16 bits per heavy atom. The van der Waals surface area contributed by atoms with Gasteiger partial charge >= 0.3 is 12.0 Å². The average molecular weight is 266 g/mol. The van der Waals surface area contributed by atoms with Crippen LogP contribution in [0.3, 0.4) is 0 Å². The number of hydrogen-bond acceptors (Lipinski definition) is 2. The Kier molecular flexibility index (Phi) is 3.37. The van der Waals surface area contributed by atoms with E-state index in [1.54, 1.807) is 0 Å². The lowest BCUT2D eigenvalue weighted by Crippen LogP contribution is -2.48. The minimum Gasteiger partial charge on any atom is -0.480 e. The summed E-state index contributed by atoms with van der Waals surface area (Å²) in [6, 6.07) is -1.03. The van der Waals surface area contributed by atoms with Gasteiger partial charge < -0.3 is 15.7 Å². The van der Waals surface area contributed by atoms with Crippen LogP contribution in [0.5, 0.6) is 0 Å². The van der Waals surface area contributed by atoms with E-state index in [1.165, 1.54) is 25.7 Å². The van der Waals surface area contributed by atoms with Gasteiger partial charge in [-0.3, -0.25) is 0 Å². The summed E-state index contributed by atoms with van der Waals surface area (Å²) in [6.45, 7) is 0.698. The molecule has 0 heterocycles. The third kappa shape index (κ3) is 2.85. The van der Waals surface area contributed by atoms with Gasteiger partial charge in [0.2, 0.25) is 0 Å². The molecule has 5 heteroatoms. The minimum atomic E-state index is -0.919. The molecule has 5 nitrogen and oxygen atoms in total. The summed E-state index contributed by atoms with van der Waals surface area (Å²) >= 11 is 0. The highest BCUT2D eigenvalue weighted by atomic mass is 16.4. The molecule has 0 aliphatic heterocycles. The number of amides is 2. The number of nitrogens with one attached hydrogen (secondary N) is 2. The minimum absolute atomic E-state index is 0.130. The normalized spacial score (nSPS) is 34.0. The first kappa shape index (κ1) is 12.8. The lowest BCUT2D eigenvalue weighted by atomic mass is 9.89. The summed E-state index contributed by atoms with van der Waals surface area (Å²) in [5, 5.41) is 14.5. The van der Waals surface area contributed by atoms with Gasteiger partial charge in [0.1, 0.15) is 6.04 Å². The lowest BCUT2D eigenvalue weighted by molar-refractivity contribution is -0.139. The van der Waals surface area contributed by atoms with E-state index in [-0.39, 0.29) is 11.9 Å². The van der Waals surface area contributed by atoms with Gasteiger partial charge in [-0.05, 0) is 55.8 Å². The van der Waals surface area contributed by atoms with E-state index in [9.17, 15) is 9.59 Å². The molecule has 3 N–H and O–H groups in total. The van der Waals surface area contributed by atoms with Crippen LogP contribution in [0, 0.1) is 23.7 Å². The zero-order chi connectivity index (χ0) is 13.4. The number of carboxylic acids is 1. The summed E-state index contributed by atoms with van der Waals surface area (Å²) in [6.07, 6.45) is 7.03. The standard InChI is InChI=1S/C14H22N2O3/c17-13(18)12(9-3-4-9)16-14(19)15-7-11-6-8-1-2-10(11)5-8/h8-12H,1-7H2,(H,17,18)(H2,15,16,19). The first-order valence-corrected chi connectivity index (χ1v) is 7.40. The van der Waals surface area contributed by atoms with Crippen LogP contribution < -0.4 is 10.6 Å². The molecular formula is C14H22N2O3. The van der Waals surface area contributed by atoms with Gasteiger partial charge in [-0.1, -0.05) is 6.42 Å². The molecule has 0 saturated heterocycles. The number of carbonyl (C=O) groups excluding carboxylic acids is 1. The molecular weight excluding hydrogens is 244 g/mol. The molecule has 3 saturated carbocycles. The van der Waals surface area contributed by atoms with E-state index in [4.69, 9.17) is 5.11 Å². The molecule has 0 aromatic rings. The molecule has 0 radical (unpaired) electrons. The van der Waals surface area contributed by atoms with Crippen LogP contribution in [0.25, 0.3) is 0 Å². The van der Waals surface area contributed by atoms with Gasteiger partial charge in [-0.2, -0.15) is 0 Å². The average Bonchev–Trinajstić information content (AvgIpc) is 3.00. The molecule has 2 amide bonds. The Hall–Kier alpha value is -1.26. The maximum Gasteiger partial charge on any atom is 0.326 e. The first-order chi connectivity index (χ1) is 9.13. The smallest absolute Gasteiger partial charge is 0.326 e. The van der Waals surface area contributed by atoms with Crippen molar-refractivity contribution in [3.63, 3.8) is 0 Å². The highest BCUT2D eigenvalue weighted by Crippen LogP contribution is 2.47. The van der Waals surface area contributed by atoms with Crippen LogP contribution in [0.1, 0.15) is 38.5 Å². The van der Waals surface area contributed by atoms with Crippen molar-refractivity contribution in [2.24, 2.45) is 23.7 Å². The van der Waals surface area contributed by atoms with Crippen LogP contribution >= 0.6 is 0 Å². The lowest BCUT2D eigenvalue weighted by Gasteiger charge is -2.22. The number of rotatable bonds is 5. The largest absolute Gasteiger partial charge is 0.480 e. The topological polar surface area (TPSA) is 78.4 Å². The van der Waals surface area contributed by atoms with Crippen molar-refractivity contribution in [2.75, 3.05) is 6.54 Å². The first-order valence-electron chi connectivity index (χ1n) is 7.40. The second kappa shape index (κ2) is 5.02. The van der Waals surface area contributed by atoms with Gasteiger partial charge in [0.25, 0.3) is 0 Å². The fraction of sp³-hybridized carbons (Fsp3) is 0.857. The van der Waals surface area contributed by atoms with Crippen molar-refractivity contribution in [2.45, 2.75) is 44.6 Å². The molecule has 2 bridgehead atoms. The van der Waals surface area contributed by atoms with Crippen molar-refractivity contribution >= 4 is 12.0 Å². The van der Waals surface area contributed by atoms with E-state index < -0.39 is 12.0 Å². The Bertz CT molecular complexity index is 381. The predicted molar refractivity (Wildman–Crippen MR) is 69.6 cm³/mol. The van der Waals surface area contributed by atoms with Gasteiger partial charge in [0.05, 0.1) is 0 Å². The second-order valence-electron chi connectivity index (χ2n) is 6.44. The van der Waals surface area contributed by atoms with Gasteiger partial charge in [0, 0.05) is 6.54 Å². The molecule has 0 spiro atoms. The molecule has 4 atom stereocenters. The predicted octanol–water partition coefficient (Wildman–Crippen LogP) is 1.58. The van der Waals surface area contributed by atoms with E-state index >= 15 is 0 Å². The number of fused-ring (bicyclic) bond motifs is 2. The Balaban J connectivity index is 1.42. The fourth-order valence-corrected chi connectivity index (χ4v) is 3.85. The Labute approximate surface area is 113 Å². The maximum absolute atomic E-state index is 11.8. The van der Waals surface area contributed by atoms with E-state index in [1.807, 2.05) is 0 Å². The molecule has 3 aliphatic carbocycles. The van der Waals surface area contributed by atoms with Crippen molar-refractivity contribution < 1.29 is 14.7 Å². The maximum atomic E-state index is 11.8. The van der Waals surface area contributed by atoms with E-state index in [0.29, 0.717) is 12.5 Å². The van der Waals surface area contributed by atoms with E-state index in [2.05, 4.69) is 10.6 Å². The zero-order valence-electron chi connectivity index (χ0n) is 11.1.